The van der Waals surface area contributed by atoms with Crippen LogP contribution in [0.25, 0.3) is 0 Å². The Morgan fingerprint density at radius 2 is 1.85 bits per heavy atom. The molecule has 2 rings (SSSR count). The van der Waals surface area contributed by atoms with Gasteiger partial charge in [0, 0.05) is 5.56 Å². The molecule has 0 heterocycles. The summed E-state index contributed by atoms with van der Waals surface area (Å²) in [4.78, 5) is 22.7. The van der Waals surface area contributed by atoms with Gasteiger partial charge < -0.3 is 9.47 Å². The molecule has 0 atom stereocenters. The van der Waals surface area contributed by atoms with Gasteiger partial charge in [-0.3, -0.25) is 4.79 Å². The Morgan fingerprint density at radius 1 is 1.10 bits per heavy atom. The zero-order valence-electron chi connectivity index (χ0n) is 11.0. The number of aldehydes is 1. The van der Waals surface area contributed by atoms with Gasteiger partial charge in [0.1, 0.15) is 17.8 Å². The molecular formula is C16H14O4. The van der Waals surface area contributed by atoms with Crippen molar-refractivity contribution in [1.82, 2.24) is 0 Å². The number of carbonyl (C=O) groups is 2. The normalized spacial score (nSPS) is 9.85. The molecule has 0 radical (unpaired) electrons. The minimum Gasteiger partial charge on any atom is -0.494 e. The van der Waals surface area contributed by atoms with Gasteiger partial charge in [0.25, 0.3) is 0 Å². The number of ether oxygens (including phenoxy) is 2. The van der Waals surface area contributed by atoms with Gasteiger partial charge in [0.15, 0.2) is 0 Å². The molecule has 2 aromatic carbocycles. The summed E-state index contributed by atoms with van der Waals surface area (Å²) in [6.07, 6.45) is 0.701. The number of hydrogen-bond acceptors (Lipinski definition) is 4. The highest BCUT2D eigenvalue weighted by Gasteiger charge is 2.10. The molecule has 102 valence electrons. The van der Waals surface area contributed by atoms with Crippen LogP contribution in [0, 0.1) is 0 Å². The van der Waals surface area contributed by atoms with E-state index < -0.39 is 5.97 Å². The Labute approximate surface area is 116 Å². The van der Waals surface area contributed by atoms with Crippen molar-refractivity contribution in [2.45, 2.75) is 6.92 Å². The molecule has 0 aliphatic carbocycles. The second-order valence-corrected chi connectivity index (χ2v) is 4.04. The smallest absolute Gasteiger partial charge is 0.343 e. The Balaban J connectivity index is 2.14. The summed E-state index contributed by atoms with van der Waals surface area (Å²) in [5, 5.41) is 0. The first-order valence-corrected chi connectivity index (χ1v) is 6.23. The Bertz CT molecular complexity index is 619. The van der Waals surface area contributed by atoms with Crippen LogP contribution in [0.2, 0.25) is 0 Å². The van der Waals surface area contributed by atoms with E-state index in [0.717, 1.165) is 0 Å². The molecule has 20 heavy (non-hydrogen) atoms. The molecule has 0 aliphatic rings. The molecule has 2 aromatic rings. The number of esters is 1. The molecular weight excluding hydrogens is 256 g/mol. The van der Waals surface area contributed by atoms with E-state index in [1.165, 1.54) is 6.07 Å². The Hall–Kier alpha value is -2.62. The lowest BCUT2D eigenvalue weighted by atomic mass is 10.2. The molecule has 4 heteroatoms. The lowest BCUT2D eigenvalue weighted by Crippen LogP contribution is -2.08. The largest absolute Gasteiger partial charge is 0.494 e. The molecule has 0 saturated heterocycles. The summed E-state index contributed by atoms with van der Waals surface area (Å²) in [7, 11) is 0. The van der Waals surface area contributed by atoms with Crippen molar-refractivity contribution in [3.05, 3.63) is 59.7 Å². The number of carbonyl (C=O) groups excluding carboxylic acids is 2. The first-order chi connectivity index (χ1) is 9.72. The topological polar surface area (TPSA) is 52.6 Å². The van der Waals surface area contributed by atoms with Crippen molar-refractivity contribution < 1.29 is 19.1 Å². The van der Waals surface area contributed by atoms with Crippen LogP contribution in [-0.2, 0) is 0 Å². The molecule has 0 bridgehead atoms. The van der Waals surface area contributed by atoms with Gasteiger partial charge in [0.05, 0.1) is 12.2 Å². The number of benzene rings is 2. The third-order valence-corrected chi connectivity index (χ3v) is 2.59. The van der Waals surface area contributed by atoms with E-state index in [1.54, 1.807) is 42.5 Å². The molecule has 0 amide bonds. The van der Waals surface area contributed by atoms with Crippen LogP contribution in [0.1, 0.15) is 27.6 Å². The van der Waals surface area contributed by atoms with Crippen LogP contribution < -0.4 is 9.47 Å². The van der Waals surface area contributed by atoms with Crippen molar-refractivity contribution >= 4 is 12.3 Å². The molecule has 0 unspecified atom stereocenters. The second-order valence-electron chi connectivity index (χ2n) is 4.04. The molecule has 0 aliphatic heterocycles. The van der Waals surface area contributed by atoms with E-state index in [1.807, 2.05) is 6.92 Å². The average molecular weight is 270 g/mol. The standard InChI is InChI=1S/C16H14O4/c1-2-19-14-7-4-6-13(10-14)16(18)20-15-8-3-5-12(9-15)11-17/h3-11H,2H2,1H3. The van der Waals surface area contributed by atoms with Crippen molar-refractivity contribution in [3.63, 3.8) is 0 Å². The fourth-order valence-corrected chi connectivity index (χ4v) is 1.70. The third-order valence-electron chi connectivity index (χ3n) is 2.59. The summed E-state index contributed by atoms with van der Waals surface area (Å²) in [5.41, 5.74) is 0.853. The van der Waals surface area contributed by atoms with Crippen molar-refractivity contribution in [3.8, 4) is 11.5 Å². The predicted molar refractivity (Wildman–Crippen MR) is 74.4 cm³/mol. The number of rotatable bonds is 5. The van der Waals surface area contributed by atoms with E-state index in [2.05, 4.69) is 0 Å². The molecule has 4 nitrogen and oxygen atoms in total. The zero-order chi connectivity index (χ0) is 14.4. The van der Waals surface area contributed by atoms with E-state index in [-0.39, 0.29) is 0 Å². The fourth-order valence-electron chi connectivity index (χ4n) is 1.70. The predicted octanol–water partition coefficient (Wildman–Crippen LogP) is 3.12. The minimum absolute atomic E-state index is 0.335. The van der Waals surface area contributed by atoms with Crippen molar-refractivity contribution in [1.29, 1.82) is 0 Å². The van der Waals surface area contributed by atoms with Crippen LogP contribution in [0.3, 0.4) is 0 Å². The molecule has 0 N–H and O–H groups in total. The van der Waals surface area contributed by atoms with Gasteiger partial charge in [-0.2, -0.15) is 0 Å². The van der Waals surface area contributed by atoms with Crippen molar-refractivity contribution in [2.75, 3.05) is 6.61 Å². The van der Waals surface area contributed by atoms with Crippen molar-refractivity contribution in [2.24, 2.45) is 0 Å². The van der Waals surface area contributed by atoms with Gasteiger partial charge >= 0.3 is 5.97 Å². The highest BCUT2D eigenvalue weighted by molar-refractivity contribution is 5.91. The SMILES string of the molecule is CCOc1cccc(C(=O)Oc2cccc(C=O)c2)c1. The van der Waals surface area contributed by atoms with E-state index in [4.69, 9.17) is 9.47 Å². The molecule has 0 spiro atoms. The number of hydrogen-bond donors (Lipinski definition) is 0. The third kappa shape index (κ3) is 3.45. The minimum atomic E-state index is -0.491. The summed E-state index contributed by atoms with van der Waals surface area (Å²) in [6.45, 7) is 2.40. The van der Waals surface area contributed by atoms with E-state index in [9.17, 15) is 9.59 Å². The van der Waals surface area contributed by atoms with Gasteiger partial charge in [-0.1, -0.05) is 18.2 Å². The van der Waals surface area contributed by atoms with Crippen LogP contribution in [0.4, 0.5) is 0 Å². The molecule has 0 saturated carbocycles. The maximum Gasteiger partial charge on any atom is 0.343 e. The highest BCUT2D eigenvalue weighted by atomic mass is 16.5. The Kier molecular flexibility index (Phi) is 4.50. The van der Waals surface area contributed by atoms with E-state index >= 15 is 0 Å². The van der Waals surface area contributed by atoms with Crippen LogP contribution >= 0.6 is 0 Å². The van der Waals surface area contributed by atoms with Gasteiger partial charge in [-0.05, 0) is 37.3 Å². The van der Waals surface area contributed by atoms with Crippen LogP contribution in [0.5, 0.6) is 11.5 Å². The van der Waals surface area contributed by atoms with Gasteiger partial charge in [-0.25, -0.2) is 4.79 Å². The zero-order valence-corrected chi connectivity index (χ0v) is 11.0. The summed E-state index contributed by atoms with van der Waals surface area (Å²) < 4.78 is 10.6. The second kappa shape index (κ2) is 6.52. The van der Waals surface area contributed by atoms with Crippen LogP contribution in [-0.4, -0.2) is 18.9 Å². The van der Waals surface area contributed by atoms with Crippen LogP contribution in [0.15, 0.2) is 48.5 Å². The first kappa shape index (κ1) is 13.8. The highest BCUT2D eigenvalue weighted by Crippen LogP contribution is 2.17. The summed E-state index contributed by atoms with van der Waals surface area (Å²) in [5.74, 6) is 0.458. The molecule has 0 aromatic heterocycles. The fraction of sp³-hybridized carbons (Fsp3) is 0.125. The first-order valence-electron chi connectivity index (χ1n) is 6.23. The maximum atomic E-state index is 12.0. The summed E-state index contributed by atoms with van der Waals surface area (Å²) >= 11 is 0. The maximum absolute atomic E-state index is 12.0. The quantitative estimate of drug-likeness (QED) is 0.476. The monoisotopic (exact) mass is 270 g/mol. The summed E-state index contributed by atoms with van der Waals surface area (Å²) in [6, 6.07) is 13.2. The van der Waals surface area contributed by atoms with Gasteiger partial charge in [-0.15, -0.1) is 0 Å². The lowest BCUT2D eigenvalue weighted by Gasteiger charge is -2.07. The Morgan fingerprint density at radius 3 is 2.60 bits per heavy atom. The lowest BCUT2D eigenvalue weighted by molar-refractivity contribution is 0.0733. The average Bonchev–Trinajstić information content (AvgIpc) is 2.48. The van der Waals surface area contributed by atoms with Gasteiger partial charge in [0.2, 0.25) is 0 Å². The van der Waals surface area contributed by atoms with E-state index in [0.29, 0.717) is 35.5 Å². The molecule has 0 fully saturated rings.